The molecule has 0 heterocycles. The third-order valence-electron chi connectivity index (χ3n) is 0.220. The Labute approximate surface area is 39.3 Å². The second-order valence-electron chi connectivity index (χ2n) is 0.562. The third-order valence-corrected chi connectivity index (χ3v) is 0.603. The number of hydrogen-bond acceptors (Lipinski definition) is 1. The van der Waals surface area contributed by atoms with E-state index in [1.165, 1.54) is 0 Å². The summed E-state index contributed by atoms with van der Waals surface area (Å²) in [7, 11) is 1.63. The monoisotopic (exact) mass is 137 g/mol. The van der Waals surface area contributed by atoms with E-state index in [-0.39, 0.29) is 0 Å². The standard InChI is InChI=1S/C2H5N2Se/c1-4-2(3)5/h1H3,(H2,3,4). The van der Waals surface area contributed by atoms with Gasteiger partial charge in [-0.1, -0.05) is 0 Å². The molecule has 0 aliphatic carbocycles. The zero-order chi connectivity index (χ0) is 4.28. The molecule has 0 rings (SSSR count). The summed E-state index contributed by atoms with van der Waals surface area (Å²) in [6.45, 7) is 0. The Morgan fingerprint density at radius 3 is 2.20 bits per heavy atom. The van der Waals surface area contributed by atoms with E-state index < -0.39 is 0 Å². The van der Waals surface area contributed by atoms with Gasteiger partial charge in [0, 0.05) is 0 Å². The molecule has 0 saturated carbocycles. The summed E-state index contributed by atoms with van der Waals surface area (Å²) in [5.41, 5.74) is 4.99. The summed E-state index contributed by atoms with van der Waals surface area (Å²) in [6, 6.07) is 0. The van der Waals surface area contributed by atoms with Gasteiger partial charge in [0.2, 0.25) is 0 Å². The Kier molecular flexibility index (Phi) is 2.24. The van der Waals surface area contributed by atoms with E-state index in [1.807, 2.05) is 0 Å². The van der Waals surface area contributed by atoms with Crippen LogP contribution in [0.1, 0.15) is 0 Å². The van der Waals surface area contributed by atoms with Crippen molar-refractivity contribution in [2.24, 2.45) is 10.7 Å². The Hall–Kier alpha value is -0.0105. The van der Waals surface area contributed by atoms with Crippen molar-refractivity contribution in [1.29, 1.82) is 0 Å². The van der Waals surface area contributed by atoms with Crippen LogP contribution in [0, 0.1) is 0 Å². The van der Waals surface area contributed by atoms with Crippen LogP contribution in [0.2, 0.25) is 0 Å². The maximum absolute atomic E-state index is 4.99. The van der Waals surface area contributed by atoms with Gasteiger partial charge in [0.05, 0.1) is 0 Å². The molecule has 0 spiro atoms. The van der Waals surface area contributed by atoms with E-state index in [0.717, 1.165) is 0 Å². The van der Waals surface area contributed by atoms with Gasteiger partial charge in [0.1, 0.15) is 0 Å². The van der Waals surface area contributed by atoms with Crippen LogP contribution >= 0.6 is 0 Å². The van der Waals surface area contributed by atoms with Crippen LogP contribution in [0.5, 0.6) is 0 Å². The molecule has 29 valence electrons. The summed E-state index contributed by atoms with van der Waals surface area (Å²) in [4.78, 5) is 3.53. The first-order valence-corrected chi connectivity index (χ1v) is 2.02. The number of hydrogen-bond donors (Lipinski definition) is 1. The number of amidine groups is 1. The maximum atomic E-state index is 4.99. The van der Waals surface area contributed by atoms with Crippen molar-refractivity contribution in [2.45, 2.75) is 0 Å². The fourth-order valence-electron chi connectivity index (χ4n) is 0. The van der Waals surface area contributed by atoms with E-state index in [4.69, 9.17) is 5.73 Å². The zero-order valence-corrected chi connectivity index (χ0v) is 4.65. The van der Waals surface area contributed by atoms with Crippen molar-refractivity contribution < 1.29 is 0 Å². The number of aliphatic imine (C=N–C) groups is 1. The Morgan fingerprint density at radius 2 is 2.20 bits per heavy atom. The second-order valence-corrected chi connectivity index (χ2v) is 1.44. The van der Waals surface area contributed by atoms with Crippen LogP contribution < -0.4 is 5.73 Å². The molecule has 0 amide bonds. The van der Waals surface area contributed by atoms with Gasteiger partial charge in [0.15, 0.2) is 0 Å². The van der Waals surface area contributed by atoms with Crippen LogP contribution in [0.25, 0.3) is 0 Å². The average molecular weight is 136 g/mol. The molecule has 2 nitrogen and oxygen atoms in total. The third kappa shape index (κ3) is 3.99. The number of nitrogens with two attached hydrogens (primary N) is 1. The van der Waals surface area contributed by atoms with E-state index in [2.05, 4.69) is 21.0 Å². The van der Waals surface area contributed by atoms with Crippen molar-refractivity contribution in [3.63, 3.8) is 0 Å². The zero-order valence-electron chi connectivity index (χ0n) is 2.93. The van der Waals surface area contributed by atoms with Crippen LogP contribution in [0.3, 0.4) is 0 Å². The summed E-state index contributed by atoms with van der Waals surface area (Å²) in [5.74, 6) is 0. The van der Waals surface area contributed by atoms with Gasteiger partial charge in [-0.2, -0.15) is 0 Å². The van der Waals surface area contributed by atoms with Gasteiger partial charge in [-0.3, -0.25) is 0 Å². The van der Waals surface area contributed by atoms with Crippen LogP contribution in [0.15, 0.2) is 4.99 Å². The van der Waals surface area contributed by atoms with E-state index in [9.17, 15) is 0 Å². The topological polar surface area (TPSA) is 38.4 Å². The summed E-state index contributed by atoms with van der Waals surface area (Å²) in [5, 5.41) is 0. The van der Waals surface area contributed by atoms with E-state index in [1.54, 1.807) is 7.05 Å². The molecule has 0 atom stereocenters. The van der Waals surface area contributed by atoms with Crippen LogP contribution in [-0.4, -0.2) is 27.8 Å². The van der Waals surface area contributed by atoms with Crippen molar-refractivity contribution in [2.75, 3.05) is 7.05 Å². The Bertz CT molecular complexity index is 45.6. The molecule has 5 heavy (non-hydrogen) atoms. The molecule has 3 heteroatoms. The molecular formula is C2H5N2Se. The minimum absolute atomic E-state index is 0.505. The fourth-order valence-corrected chi connectivity index (χ4v) is 0. The van der Waals surface area contributed by atoms with Gasteiger partial charge in [-0.25, -0.2) is 0 Å². The molecule has 0 unspecified atom stereocenters. The van der Waals surface area contributed by atoms with Gasteiger partial charge >= 0.3 is 38.5 Å². The quantitative estimate of drug-likeness (QED) is 0.261. The molecule has 0 bridgehead atoms. The normalized spacial score (nSPS) is 11.8. The van der Waals surface area contributed by atoms with Crippen molar-refractivity contribution >= 4 is 20.7 Å². The molecule has 0 aromatic rings. The predicted octanol–water partition coefficient (Wildman–Crippen LogP) is -0.901. The molecule has 0 aromatic heterocycles. The first-order valence-electron chi connectivity index (χ1n) is 1.16. The molecule has 0 aliphatic rings. The fraction of sp³-hybridized carbons (Fsp3) is 0.500. The molecule has 0 aromatic carbocycles. The number of rotatable bonds is 0. The molecular weight excluding hydrogens is 131 g/mol. The van der Waals surface area contributed by atoms with Crippen molar-refractivity contribution in [3.05, 3.63) is 0 Å². The van der Waals surface area contributed by atoms with Gasteiger partial charge < -0.3 is 0 Å². The van der Waals surface area contributed by atoms with Gasteiger partial charge in [-0.05, 0) is 0 Å². The minimum atomic E-state index is 0.505. The summed E-state index contributed by atoms with van der Waals surface area (Å²) < 4.78 is 0.505. The first-order chi connectivity index (χ1) is 2.27. The van der Waals surface area contributed by atoms with E-state index >= 15 is 0 Å². The van der Waals surface area contributed by atoms with Gasteiger partial charge in [0.25, 0.3) is 0 Å². The number of nitrogens with zero attached hydrogens (tertiary/aromatic N) is 1. The molecule has 0 fully saturated rings. The molecule has 0 saturated heterocycles. The second kappa shape index (κ2) is 2.24. The Balaban J connectivity index is 3.14. The Morgan fingerprint density at radius 1 is 2.00 bits per heavy atom. The molecule has 1 radical (unpaired) electrons. The van der Waals surface area contributed by atoms with Crippen LogP contribution in [0.4, 0.5) is 0 Å². The van der Waals surface area contributed by atoms with Crippen molar-refractivity contribution in [3.8, 4) is 0 Å². The molecule has 2 N–H and O–H groups in total. The van der Waals surface area contributed by atoms with Gasteiger partial charge in [-0.15, -0.1) is 0 Å². The van der Waals surface area contributed by atoms with Crippen LogP contribution in [-0.2, 0) is 0 Å². The van der Waals surface area contributed by atoms with Crippen molar-refractivity contribution in [1.82, 2.24) is 0 Å². The average Bonchev–Trinajstić information content (AvgIpc) is 1.38. The molecule has 0 aliphatic heterocycles. The first kappa shape index (κ1) is 4.99. The van der Waals surface area contributed by atoms with E-state index in [0.29, 0.717) is 4.73 Å². The predicted molar refractivity (Wildman–Crippen MR) is 23.3 cm³/mol. The summed E-state index contributed by atoms with van der Waals surface area (Å²) in [6.07, 6.45) is 0. The SMILES string of the molecule is CN=C(N)[Se]. The summed E-state index contributed by atoms with van der Waals surface area (Å²) >= 11 is 2.52.